The topological polar surface area (TPSA) is 40.1 Å². The number of rotatable bonds is 3. The van der Waals surface area contributed by atoms with Crippen LogP contribution in [0.3, 0.4) is 0 Å². The Morgan fingerprint density at radius 2 is 2.00 bits per heavy atom. The van der Waals surface area contributed by atoms with Crippen molar-refractivity contribution in [2.24, 2.45) is 10.9 Å². The van der Waals surface area contributed by atoms with Gasteiger partial charge in [0, 0.05) is 20.1 Å². The summed E-state index contributed by atoms with van der Waals surface area (Å²) in [5, 5.41) is 3.61. The highest BCUT2D eigenvalue weighted by atomic mass is 16.5. The number of piperidine rings is 1. The highest BCUT2D eigenvalue weighted by Gasteiger charge is 2.25. The van der Waals surface area contributed by atoms with Crippen molar-refractivity contribution in [3.8, 4) is 0 Å². The zero-order valence-electron chi connectivity index (χ0n) is 15.9. The van der Waals surface area contributed by atoms with Crippen LogP contribution in [-0.2, 0) is 4.74 Å². The van der Waals surface area contributed by atoms with Gasteiger partial charge in [0.25, 0.3) is 0 Å². The first-order chi connectivity index (χ1) is 12.2. The van der Waals surface area contributed by atoms with Crippen LogP contribution in [0.5, 0.6) is 0 Å². The maximum Gasteiger partial charge on any atom is 0.193 e. The van der Waals surface area contributed by atoms with Crippen LogP contribution in [0.25, 0.3) is 0 Å². The molecule has 25 heavy (non-hydrogen) atoms. The molecule has 1 atom stereocenters. The molecule has 1 aromatic carbocycles. The maximum absolute atomic E-state index is 6.05. The monoisotopic (exact) mass is 344 g/mol. The van der Waals surface area contributed by atoms with Gasteiger partial charge in [0.15, 0.2) is 5.96 Å². The zero-order valence-corrected chi connectivity index (χ0v) is 15.9. The number of guanidine groups is 1. The second kappa shape index (κ2) is 8.68. The number of aliphatic imine (C=N–C) groups is 1. The smallest absolute Gasteiger partial charge is 0.193 e. The number of nitrogens with zero attached hydrogens (tertiary/aromatic N) is 3. The van der Waals surface area contributed by atoms with Gasteiger partial charge in [0.1, 0.15) is 6.10 Å². The van der Waals surface area contributed by atoms with Gasteiger partial charge in [-0.2, -0.15) is 0 Å². The van der Waals surface area contributed by atoms with E-state index < -0.39 is 0 Å². The molecule has 1 unspecified atom stereocenters. The molecule has 2 aliphatic rings. The van der Waals surface area contributed by atoms with Crippen LogP contribution < -0.4 is 5.32 Å². The molecule has 5 heteroatoms. The second-order valence-corrected chi connectivity index (χ2v) is 7.34. The van der Waals surface area contributed by atoms with Crippen molar-refractivity contribution in [3.63, 3.8) is 0 Å². The quantitative estimate of drug-likeness (QED) is 0.675. The maximum atomic E-state index is 6.05. The van der Waals surface area contributed by atoms with Crippen LogP contribution in [0, 0.1) is 12.8 Å². The molecule has 1 aromatic rings. The molecule has 0 amide bonds. The first kappa shape index (κ1) is 18.2. The van der Waals surface area contributed by atoms with E-state index in [-0.39, 0.29) is 6.10 Å². The molecule has 0 saturated carbocycles. The van der Waals surface area contributed by atoms with Gasteiger partial charge in [-0.1, -0.05) is 24.3 Å². The largest absolute Gasteiger partial charge is 0.370 e. The Labute approximate surface area is 152 Å². The Balaban J connectivity index is 1.56. The van der Waals surface area contributed by atoms with Crippen LogP contribution >= 0.6 is 0 Å². The molecule has 2 heterocycles. The summed E-state index contributed by atoms with van der Waals surface area (Å²) < 4.78 is 6.05. The molecule has 0 spiro atoms. The summed E-state index contributed by atoms with van der Waals surface area (Å²) in [5.41, 5.74) is 2.58. The summed E-state index contributed by atoms with van der Waals surface area (Å²) in [6.07, 6.45) is 2.67. The number of ether oxygens (including phenoxy) is 1. The third-order valence-corrected chi connectivity index (χ3v) is 5.50. The summed E-state index contributed by atoms with van der Waals surface area (Å²) in [4.78, 5) is 9.29. The van der Waals surface area contributed by atoms with E-state index in [1.807, 2.05) is 7.05 Å². The average molecular weight is 345 g/mol. The lowest BCUT2D eigenvalue weighted by atomic mass is 9.97. The minimum absolute atomic E-state index is 0.122. The summed E-state index contributed by atoms with van der Waals surface area (Å²) in [6.45, 7) is 8.09. The van der Waals surface area contributed by atoms with Crippen molar-refractivity contribution < 1.29 is 4.74 Å². The molecule has 2 fully saturated rings. The van der Waals surface area contributed by atoms with Gasteiger partial charge in [-0.15, -0.1) is 0 Å². The van der Waals surface area contributed by atoms with E-state index in [0.29, 0.717) is 0 Å². The molecule has 2 saturated heterocycles. The molecule has 0 aromatic heterocycles. The van der Waals surface area contributed by atoms with Crippen molar-refractivity contribution in [1.82, 2.24) is 15.1 Å². The Kier molecular flexibility index (Phi) is 6.32. The van der Waals surface area contributed by atoms with Gasteiger partial charge >= 0.3 is 0 Å². The van der Waals surface area contributed by atoms with Gasteiger partial charge in [-0.3, -0.25) is 4.99 Å². The summed E-state index contributed by atoms with van der Waals surface area (Å²) in [5.74, 6) is 1.77. The van der Waals surface area contributed by atoms with Crippen molar-refractivity contribution in [3.05, 3.63) is 35.4 Å². The van der Waals surface area contributed by atoms with Crippen LogP contribution in [0.1, 0.15) is 30.1 Å². The van der Waals surface area contributed by atoms with E-state index in [9.17, 15) is 0 Å². The molecule has 2 aliphatic heterocycles. The van der Waals surface area contributed by atoms with E-state index >= 15 is 0 Å². The van der Waals surface area contributed by atoms with Gasteiger partial charge in [-0.25, -0.2) is 0 Å². The lowest BCUT2D eigenvalue weighted by Gasteiger charge is -2.36. The second-order valence-electron chi connectivity index (χ2n) is 7.34. The normalized spacial score (nSPS) is 23.7. The van der Waals surface area contributed by atoms with Crippen LogP contribution in [-0.4, -0.2) is 69.2 Å². The number of nitrogens with one attached hydrogen (secondary N) is 1. The van der Waals surface area contributed by atoms with Crippen molar-refractivity contribution in [2.75, 3.05) is 53.4 Å². The highest BCUT2D eigenvalue weighted by Crippen LogP contribution is 2.25. The highest BCUT2D eigenvalue weighted by molar-refractivity contribution is 5.80. The third-order valence-electron chi connectivity index (χ3n) is 5.50. The minimum Gasteiger partial charge on any atom is -0.370 e. The molecular weight excluding hydrogens is 312 g/mol. The first-order valence-corrected chi connectivity index (χ1v) is 9.48. The van der Waals surface area contributed by atoms with Crippen molar-refractivity contribution >= 4 is 5.96 Å². The Bertz CT molecular complexity index is 581. The summed E-state index contributed by atoms with van der Waals surface area (Å²) in [7, 11) is 4.09. The van der Waals surface area contributed by atoms with Crippen LogP contribution in [0.4, 0.5) is 0 Å². The Morgan fingerprint density at radius 3 is 2.72 bits per heavy atom. The number of hydrogen-bond donors (Lipinski definition) is 1. The zero-order chi connectivity index (χ0) is 17.6. The van der Waals surface area contributed by atoms with E-state index in [0.717, 1.165) is 38.1 Å². The standard InChI is InChI=1S/C20H32N4O/c1-16-6-4-5-7-18(16)19-15-24(12-13-25-19)20(21-2)22-14-17-8-10-23(3)11-9-17/h4-7,17,19H,8-15H2,1-3H3,(H,21,22). The average Bonchev–Trinajstić information content (AvgIpc) is 2.64. The molecular formula is C20H32N4O. The molecule has 0 aliphatic carbocycles. The van der Waals surface area contributed by atoms with Crippen molar-refractivity contribution in [1.29, 1.82) is 0 Å². The fourth-order valence-corrected chi connectivity index (χ4v) is 3.81. The molecule has 138 valence electrons. The Morgan fingerprint density at radius 1 is 1.24 bits per heavy atom. The van der Waals surface area contributed by atoms with Crippen molar-refractivity contribution in [2.45, 2.75) is 25.9 Å². The minimum atomic E-state index is 0.122. The number of likely N-dealkylation sites (tertiary alicyclic amines) is 1. The van der Waals surface area contributed by atoms with Gasteiger partial charge in [0.2, 0.25) is 0 Å². The predicted molar refractivity (Wildman–Crippen MR) is 103 cm³/mol. The lowest BCUT2D eigenvalue weighted by molar-refractivity contribution is -0.00840. The summed E-state index contributed by atoms with van der Waals surface area (Å²) in [6, 6.07) is 8.52. The molecule has 5 nitrogen and oxygen atoms in total. The molecule has 1 N–H and O–H groups in total. The third kappa shape index (κ3) is 4.73. The van der Waals surface area contributed by atoms with Gasteiger partial charge in [0.05, 0.1) is 13.2 Å². The molecule has 0 bridgehead atoms. The molecule has 0 radical (unpaired) electrons. The van der Waals surface area contributed by atoms with Gasteiger partial charge in [-0.05, 0) is 56.9 Å². The number of benzene rings is 1. The van der Waals surface area contributed by atoms with E-state index in [4.69, 9.17) is 4.74 Å². The Hall–Kier alpha value is -1.59. The SMILES string of the molecule is CN=C(NCC1CCN(C)CC1)N1CCOC(c2ccccc2C)C1. The fraction of sp³-hybridized carbons (Fsp3) is 0.650. The fourth-order valence-electron chi connectivity index (χ4n) is 3.81. The van der Waals surface area contributed by atoms with Gasteiger partial charge < -0.3 is 19.9 Å². The van der Waals surface area contributed by atoms with E-state index in [1.54, 1.807) is 0 Å². The molecule has 3 rings (SSSR count). The number of aryl methyl sites for hydroxylation is 1. The number of morpholine rings is 1. The number of hydrogen-bond acceptors (Lipinski definition) is 3. The summed E-state index contributed by atoms with van der Waals surface area (Å²) >= 11 is 0. The first-order valence-electron chi connectivity index (χ1n) is 9.48. The predicted octanol–water partition coefficient (Wildman–Crippen LogP) is 2.29. The van der Waals surface area contributed by atoms with E-state index in [2.05, 4.69) is 58.3 Å². The van der Waals surface area contributed by atoms with E-state index in [1.165, 1.54) is 37.1 Å². The van der Waals surface area contributed by atoms with Crippen LogP contribution in [0.2, 0.25) is 0 Å². The van der Waals surface area contributed by atoms with Crippen LogP contribution in [0.15, 0.2) is 29.3 Å². The lowest BCUT2D eigenvalue weighted by Crippen LogP contribution is -2.49.